The van der Waals surface area contributed by atoms with E-state index in [1.807, 2.05) is 18.2 Å². The van der Waals surface area contributed by atoms with E-state index in [1.165, 1.54) is 5.56 Å². The fourth-order valence-electron chi connectivity index (χ4n) is 2.08. The van der Waals surface area contributed by atoms with Crippen molar-refractivity contribution < 1.29 is 0 Å². The highest BCUT2D eigenvalue weighted by Gasteiger charge is 2.17. The normalized spacial score (nSPS) is 13.8. The zero-order valence-electron chi connectivity index (χ0n) is 9.24. The highest BCUT2D eigenvalue weighted by molar-refractivity contribution is 5.62. The van der Waals surface area contributed by atoms with Crippen molar-refractivity contribution in [2.45, 2.75) is 12.8 Å². The minimum Gasteiger partial charge on any atom is -0.342 e. The van der Waals surface area contributed by atoms with Gasteiger partial charge in [0.15, 0.2) is 0 Å². The zero-order chi connectivity index (χ0) is 11.5. The number of allylic oxidation sites excluding steroid dienone is 1. The molecule has 16 heavy (non-hydrogen) atoms. The smallest absolute Gasteiger partial charge is 0.0991 e. The van der Waals surface area contributed by atoms with E-state index in [0.717, 1.165) is 36.3 Å². The molecule has 0 saturated heterocycles. The van der Waals surface area contributed by atoms with Gasteiger partial charge in [-0.3, -0.25) is 0 Å². The van der Waals surface area contributed by atoms with E-state index in [0.29, 0.717) is 0 Å². The van der Waals surface area contributed by atoms with Gasteiger partial charge in [-0.05, 0) is 42.7 Å². The summed E-state index contributed by atoms with van der Waals surface area (Å²) in [5.41, 5.74) is 4.04. The van der Waals surface area contributed by atoms with Gasteiger partial charge in [0.25, 0.3) is 0 Å². The standard InChI is InChI=1S/C14H14N2/c1-3-11(2)16-8-4-5-13-9-12(10-15)6-7-14(13)16/h3,6-7,9H,1-2,4-5,8H2. The van der Waals surface area contributed by atoms with Gasteiger partial charge in [-0.25, -0.2) is 0 Å². The number of hydrogen-bond acceptors (Lipinski definition) is 2. The van der Waals surface area contributed by atoms with Gasteiger partial charge < -0.3 is 4.90 Å². The number of anilines is 1. The topological polar surface area (TPSA) is 27.0 Å². The van der Waals surface area contributed by atoms with E-state index < -0.39 is 0 Å². The van der Waals surface area contributed by atoms with Crippen molar-refractivity contribution in [3.05, 3.63) is 54.3 Å². The van der Waals surface area contributed by atoms with Crippen LogP contribution in [0.3, 0.4) is 0 Å². The molecule has 0 saturated carbocycles. The third-order valence-corrected chi connectivity index (χ3v) is 2.91. The monoisotopic (exact) mass is 210 g/mol. The van der Waals surface area contributed by atoms with Crippen molar-refractivity contribution in [3.8, 4) is 6.07 Å². The Morgan fingerprint density at radius 1 is 1.50 bits per heavy atom. The lowest BCUT2D eigenvalue weighted by Crippen LogP contribution is -2.27. The molecule has 2 nitrogen and oxygen atoms in total. The minimum absolute atomic E-state index is 0.727. The van der Waals surface area contributed by atoms with Crippen LogP contribution in [0.15, 0.2) is 43.1 Å². The van der Waals surface area contributed by atoms with Crippen LogP contribution in [-0.2, 0) is 6.42 Å². The van der Waals surface area contributed by atoms with Crippen molar-refractivity contribution in [2.75, 3.05) is 11.4 Å². The Bertz CT molecular complexity index is 480. The molecule has 2 heteroatoms. The molecule has 0 bridgehead atoms. The predicted octanol–water partition coefficient (Wildman–Crippen LogP) is 3.01. The largest absolute Gasteiger partial charge is 0.342 e. The maximum Gasteiger partial charge on any atom is 0.0991 e. The Kier molecular flexibility index (Phi) is 2.78. The second-order valence-corrected chi connectivity index (χ2v) is 3.91. The van der Waals surface area contributed by atoms with Gasteiger partial charge in [0.05, 0.1) is 11.6 Å². The van der Waals surface area contributed by atoms with Gasteiger partial charge in [0.2, 0.25) is 0 Å². The Morgan fingerprint density at radius 2 is 2.31 bits per heavy atom. The number of fused-ring (bicyclic) bond motifs is 1. The van der Waals surface area contributed by atoms with Gasteiger partial charge in [0, 0.05) is 17.9 Å². The van der Waals surface area contributed by atoms with Crippen LogP contribution >= 0.6 is 0 Å². The minimum atomic E-state index is 0.727. The van der Waals surface area contributed by atoms with E-state index in [1.54, 1.807) is 6.08 Å². The lowest BCUT2D eigenvalue weighted by atomic mass is 9.99. The SMILES string of the molecule is C=CC(=C)N1CCCc2cc(C#N)ccc21. The summed E-state index contributed by atoms with van der Waals surface area (Å²) in [5.74, 6) is 0. The molecule has 0 atom stereocenters. The van der Waals surface area contributed by atoms with Crippen LogP contribution in [0.5, 0.6) is 0 Å². The Balaban J connectivity index is 2.44. The molecule has 1 aliphatic heterocycles. The molecule has 80 valence electrons. The fraction of sp³-hybridized carbons (Fsp3) is 0.214. The summed E-state index contributed by atoms with van der Waals surface area (Å²) >= 11 is 0. The van der Waals surface area contributed by atoms with Gasteiger partial charge in [0.1, 0.15) is 0 Å². The number of rotatable bonds is 2. The molecule has 0 N–H and O–H groups in total. The summed E-state index contributed by atoms with van der Waals surface area (Å²) in [6, 6.07) is 8.00. The van der Waals surface area contributed by atoms with Crippen molar-refractivity contribution in [2.24, 2.45) is 0 Å². The van der Waals surface area contributed by atoms with E-state index in [9.17, 15) is 0 Å². The first-order valence-corrected chi connectivity index (χ1v) is 5.38. The van der Waals surface area contributed by atoms with E-state index in [2.05, 4.69) is 24.1 Å². The molecule has 1 heterocycles. The molecular formula is C14H14N2. The molecule has 0 unspecified atom stereocenters. The summed E-state index contributed by atoms with van der Waals surface area (Å²) in [4.78, 5) is 2.16. The maximum absolute atomic E-state index is 8.86. The molecule has 1 aromatic rings. The van der Waals surface area contributed by atoms with Gasteiger partial charge in [-0.2, -0.15) is 5.26 Å². The predicted molar refractivity (Wildman–Crippen MR) is 66.2 cm³/mol. The van der Waals surface area contributed by atoms with Crippen LogP contribution in [-0.4, -0.2) is 6.54 Å². The molecule has 0 amide bonds. The molecule has 1 aromatic carbocycles. The third-order valence-electron chi connectivity index (χ3n) is 2.91. The highest BCUT2D eigenvalue weighted by atomic mass is 15.1. The van der Waals surface area contributed by atoms with Crippen molar-refractivity contribution in [3.63, 3.8) is 0 Å². The summed E-state index contributed by atoms with van der Waals surface area (Å²) < 4.78 is 0. The van der Waals surface area contributed by atoms with Crippen LogP contribution < -0.4 is 4.90 Å². The number of benzene rings is 1. The van der Waals surface area contributed by atoms with Crippen molar-refractivity contribution in [1.29, 1.82) is 5.26 Å². The van der Waals surface area contributed by atoms with Crippen LogP contribution in [0.1, 0.15) is 17.5 Å². The van der Waals surface area contributed by atoms with Crippen molar-refractivity contribution >= 4 is 5.69 Å². The van der Waals surface area contributed by atoms with Crippen LogP contribution in [0.25, 0.3) is 0 Å². The summed E-state index contributed by atoms with van der Waals surface area (Å²) in [6.07, 6.45) is 3.90. The van der Waals surface area contributed by atoms with Crippen LogP contribution in [0.4, 0.5) is 5.69 Å². The first-order chi connectivity index (χ1) is 7.76. The number of nitrogens with zero attached hydrogens (tertiary/aromatic N) is 2. The summed E-state index contributed by atoms with van der Waals surface area (Å²) in [7, 11) is 0. The Labute approximate surface area is 96.1 Å². The number of aryl methyl sites for hydroxylation is 1. The van der Waals surface area contributed by atoms with Gasteiger partial charge in [-0.15, -0.1) is 0 Å². The molecular weight excluding hydrogens is 196 g/mol. The second kappa shape index (κ2) is 4.24. The van der Waals surface area contributed by atoms with Crippen LogP contribution in [0.2, 0.25) is 0 Å². The van der Waals surface area contributed by atoms with Crippen LogP contribution in [0, 0.1) is 11.3 Å². The Morgan fingerprint density at radius 3 is 3.00 bits per heavy atom. The van der Waals surface area contributed by atoms with E-state index in [-0.39, 0.29) is 0 Å². The molecule has 0 aliphatic carbocycles. The zero-order valence-corrected chi connectivity index (χ0v) is 9.24. The third kappa shape index (κ3) is 1.72. The average molecular weight is 210 g/mol. The lowest BCUT2D eigenvalue weighted by Gasteiger charge is -2.31. The molecule has 0 aromatic heterocycles. The molecule has 0 fully saturated rings. The van der Waals surface area contributed by atoms with Crippen molar-refractivity contribution in [1.82, 2.24) is 0 Å². The molecule has 0 spiro atoms. The number of hydrogen-bond donors (Lipinski definition) is 0. The van der Waals surface area contributed by atoms with Gasteiger partial charge >= 0.3 is 0 Å². The number of nitriles is 1. The fourth-order valence-corrected chi connectivity index (χ4v) is 2.08. The van der Waals surface area contributed by atoms with E-state index in [4.69, 9.17) is 5.26 Å². The Hall–Kier alpha value is -2.01. The van der Waals surface area contributed by atoms with E-state index >= 15 is 0 Å². The average Bonchev–Trinajstić information content (AvgIpc) is 2.36. The highest BCUT2D eigenvalue weighted by Crippen LogP contribution is 2.30. The maximum atomic E-state index is 8.86. The molecule has 1 aliphatic rings. The first kappa shape index (κ1) is 10.5. The van der Waals surface area contributed by atoms with Gasteiger partial charge in [-0.1, -0.05) is 13.2 Å². The second-order valence-electron chi connectivity index (χ2n) is 3.91. The molecule has 0 radical (unpaired) electrons. The first-order valence-electron chi connectivity index (χ1n) is 5.38. The lowest BCUT2D eigenvalue weighted by molar-refractivity contribution is 0.752. The quantitative estimate of drug-likeness (QED) is 0.701. The molecule has 2 rings (SSSR count). The summed E-state index contributed by atoms with van der Waals surface area (Å²) in [5, 5.41) is 8.86. The summed E-state index contributed by atoms with van der Waals surface area (Å²) in [6.45, 7) is 8.71.